The van der Waals surface area contributed by atoms with Gasteiger partial charge in [0.15, 0.2) is 11.2 Å². The third kappa shape index (κ3) is 6.63. The maximum absolute atomic E-state index is 6.77. The van der Waals surface area contributed by atoms with E-state index in [9.17, 15) is 0 Å². The third-order valence-electron chi connectivity index (χ3n) is 15.8. The second-order valence-electron chi connectivity index (χ2n) is 20.4. The molecule has 0 N–H and O–H groups in total. The molecule has 0 radical (unpaired) electrons. The first kappa shape index (κ1) is 43.0. The molecule has 0 bridgehead atoms. The fourth-order valence-corrected chi connectivity index (χ4v) is 12.5. The Morgan fingerprint density at radius 2 is 0.680 bits per heavy atom. The summed E-state index contributed by atoms with van der Waals surface area (Å²) < 4.78 is 13.5. The number of hydrogen-bond acceptors (Lipinski definition) is 4. The van der Waals surface area contributed by atoms with Crippen LogP contribution in [0.25, 0.3) is 98.8 Å². The van der Waals surface area contributed by atoms with Crippen molar-refractivity contribution in [2.24, 2.45) is 0 Å². The maximum Gasteiger partial charge on any atom is 0.159 e. The van der Waals surface area contributed by atoms with E-state index in [1.807, 2.05) is 12.1 Å². The Labute approximate surface area is 434 Å². The molecule has 1 aliphatic rings. The number of benzene rings is 12. The largest absolute Gasteiger partial charge is 0.454 e. The lowest BCUT2D eigenvalue weighted by molar-refractivity contribution is 0.668. The predicted molar refractivity (Wildman–Crippen MR) is 314 cm³/mol. The minimum absolute atomic E-state index is 0.314. The Morgan fingerprint density at radius 1 is 0.293 bits per heavy atom. The van der Waals surface area contributed by atoms with Gasteiger partial charge in [0.2, 0.25) is 0 Å². The van der Waals surface area contributed by atoms with Crippen molar-refractivity contribution >= 4 is 99.5 Å². The first-order valence-corrected chi connectivity index (χ1v) is 25.8. The van der Waals surface area contributed by atoms with E-state index in [2.05, 4.69) is 266 Å². The van der Waals surface area contributed by atoms with E-state index >= 15 is 0 Å². The van der Waals surface area contributed by atoms with Gasteiger partial charge in [-0.05, 0) is 116 Å². The molecule has 0 fully saturated rings. The standard InChI is InChI=1S/C71H48N2O2/c1-71(2)67-53-41-37-49(72(61-29-13-9-23-51(61)45-19-5-3-6-20-45)63-31-17-27-59-55-25-11-15-33-65(55)74-69(59)63)43-47(53)35-39-57(67)58-40-36-48-44-50(38-42-54(48)68(58)71)73(62-30-14-10-24-52(62)46-21-7-4-8-22-46)64-32-18-28-60-56-26-12-16-34-66(56)75-70(60)64/h3-44H,1-2H3. The van der Waals surface area contributed by atoms with Gasteiger partial charge in [0.1, 0.15) is 11.2 Å². The Kier molecular flexibility index (Phi) is 9.58. The molecular formula is C71H48N2O2. The highest BCUT2D eigenvalue weighted by atomic mass is 16.3. The van der Waals surface area contributed by atoms with Gasteiger partial charge in [-0.2, -0.15) is 0 Å². The molecule has 0 atom stereocenters. The van der Waals surface area contributed by atoms with E-state index < -0.39 is 0 Å². The summed E-state index contributed by atoms with van der Waals surface area (Å²) in [7, 11) is 0. The van der Waals surface area contributed by atoms with Gasteiger partial charge >= 0.3 is 0 Å². The average molecular weight is 961 g/mol. The minimum Gasteiger partial charge on any atom is -0.454 e. The smallest absolute Gasteiger partial charge is 0.159 e. The number of rotatable bonds is 8. The lowest BCUT2D eigenvalue weighted by Crippen LogP contribution is -2.16. The molecule has 0 spiro atoms. The van der Waals surface area contributed by atoms with Crippen LogP contribution < -0.4 is 9.80 Å². The van der Waals surface area contributed by atoms with E-state index in [0.29, 0.717) is 0 Å². The van der Waals surface area contributed by atoms with Gasteiger partial charge in [0.25, 0.3) is 0 Å². The minimum atomic E-state index is -0.314. The molecule has 0 saturated carbocycles. The Bertz CT molecular complexity index is 4290. The molecule has 0 aliphatic heterocycles. The van der Waals surface area contributed by atoms with Crippen LogP contribution in [0.5, 0.6) is 0 Å². The zero-order valence-electron chi connectivity index (χ0n) is 41.5. The number of anilines is 6. The Morgan fingerprint density at radius 3 is 1.15 bits per heavy atom. The molecule has 15 rings (SSSR count). The Hall–Kier alpha value is -9.64. The summed E-state index contributed by atoms with van der Waals surface area (Å²) >= 11 is 0. The summed E-state index contributed by atoms with van der Waals surface area (Å²) in [5.74, 6) is 0. The normalized spacial score (nSPS) is 12.8. The van der Waals surface area contributed by atoms with Crippen molar-refractivity contribution < 1.29 is 8.83 Å². The van der Waals surface area contributed by atoms with Crippen molar-refractivity contribution in [3.63, 3.8) is 0 Å². The van der Waals surface area contributed by atoms with Crippen molar-refractivity contribution in [2.45, 2.75) is 19.3 Å². The van der Waals surface area contributed by atoms with Crippen molar-refractivity contribution in [1.82, 2.24) is 0 Å². The van der Waals surface area contributed by atoms with E-state index in [-0.39, 0.29) is 5.41 Å². The van der Waals surface area contributed by atoms with Crippen LogP contribution in [-0.2, 0) is 5.41 Å². The third-order valence-corrected chi connectivity index (χ3v) is 15.8. The quantitative estimate of drug-likeness (QED) is 0.152. The molecule has 0 amide bonds. The van der Waals surface area contributed by atoms with Crippen molar-refractivity contribution in [3.8, 4) is 33.4 Å². The first-order chi connectivity index (χ1) is 37.0. The van der Waals surface area contributed by atoms with Gasteiger partial charge in [0.05, 0.1) is 22.7 Å². The van der Waals surface area contributed by atoms with Gasteiger partial charge in [-0.25, -0.2) is 0 Å². The van der Waals surface area contributed by atoms with E-state index in [4.69, 9.17) is 8.83 Å². The molecule has 1 aliphatic carbocycles. The molecule has 2 aromatic heterocycles. The maximum atomic E-state index is 6.77. The summed E-state index contributed by atoms with van der Waals surface area (Å²) in [6, 6.07) is 91.9. The van der Waals surface area contributed by atoms with Crippen molar-refractivity contribution in [1.29, 1.82) is 0 Å². The van der Waals surface area contributed by atoms with Crippen LogP contribution in [-0.4, -0.2) is 0 Å². The van der Waals surface area contributed by atoms with Crippen molar-refractivity contribution in [3.05, 3.63) is 266 Å². The highest BCUT2D eigenvalue weighted by Gasteiger charge is 2.39. The molecule has 4 nitrogen and oxygen atoms in total. The van der Waals surface area contributed by atoms with E-state index in [1.54, 1.807) is 0 Å². The molecule has 12 aromatic carbocycles. The molecule has 0 saturated heterocycles. The van der Waals surface area contributed by atoms with Crippen LogP contribution in [0, 0.1) is 0 Å². The average Bonchev–Trinajstić information content (AvgIpc) is 4.13. The van der Waals surface area contributed by atoms with Crippen LogP contribution >= 0.6 is 0 Å². The second kappa shape index (κ2) is 16.7. The highest BCUT2D eigenvalue weighted by Crippen LogP contribution is 2.56. The van der Waals surface area contributed by atoms with Crippen LogP contribution in [0.2, 0.25) is 0 Å². The Balaban J connectivity index is 0.880. The number of fused-ring (bicyclic) bond motifs is 13. The van der Waals surface area contributed by atoms with Gasteiger partial charge < -0.3 is 18.6 Å². The number of furan rings is 2. The summed E-state index contributed by atoms with van der Waals surface area (Å²) in [5, 5.41) is 9.28. The summed E-state index contributed by atoms with van der Waals surface area (Å²) in [6.07, 6.45) is 0. The molecule has 2 heterocycles. The highest BCUT2D eigenvalue weighted by molar-refractivity contribution is 6.13. The molecule has 354 valence electrons. The fourth-order valence-electron chi connectivity index (χ4n) is 12.5. The van der Waals surface area contributed by atoms with Gasteiger partial charge in [-0.15, -0.1) is 0 Å². The lowest BCUT2D eigenvalue weighted by Gasteiger charge is -2.29. The zero-order valence-corrected chi connectivity index (χ0v) is 41.5. The summed E-state index contributed by atoms with van der Waals surface area (Å²) in [6.45, 7) is 4.82. The summed E-state index contributed by atoms with van der Waals surface area (Å²) in [4.78, 5) is 4.78. The molecular weight excluding hydrogens is 913 g/mol. The molecule has 0 unspecified atom stereocenters. The summed E-state index contributed by atoms with van der Waals surface area (Å²) in [5.41, 5.74) is 19.3. The number of para-hydroxylation sites is 6. The van der Waals surface area contributed by atoms with Crippen LogP contribution in [0.3, 0.4) is 0 Å². The first-order valence-electron chi connectivity index (χ1n) is 25.8. The zero-order chi connectivity index (χ0) is 49.8. The van der Waals surface area contributed by atoms with E-state index in [0.717, 1.165) is 100 Å². The monoisotopic (exact) mass is 960 g/mol. The topological polar surface area (TPSA) is 32.8 Å². The van der Waals surface area contributed by atoms with Crippen molar-refractivity contribution in [2.75, 3.05) is 9.80 Å². The lowest BCUT2D eigenvalue weighted by atomic mass is 9.78. The van der Waals surface area contributed by atoms with Gasteiger partial charge in [-0.1, -0.05) is 208 Å². The molecule has 14 aromatic rings. The SMILES string of the molecule is CC1(C)c2c(ccc3cc(N(c4ccccc4-c4ccccc4)c4cccc5c4oc4ccccc45)ccc23)-c2ccc3cc(N(c4ccccc4-c4ccccc4)c4cccc5c4oc4ccccc45)ccc3c21. The van der Waals surface area contributed by atoms with Crippen LogP contribution in [0.1, 0.15) is 25.0 Å². The number of hydrogen-bond donors (Lipinski definition) is 0. The fraction of sp³-hybridized carbons (Fsp3) is 0.0423. The second-order valence-corrected chi connectivity index (χ2v) is 20.4. The van der Waals surface area contributed by atoms with Crippen LogP contribution in [0.4, 0.5) is 34.1 Å². The molecule has 75 heavy (non-hydrogen) atoms. The van der Waals surface area contributed by atoms with Gasteiger partial charge in [0, 0.05) is 49.5 Å². The molecule has 4 heteroatoms. The number of nitrogens with zero attached hydrogens (tertiary/aromatic N) is 2. The predicted octanol–water partition coefficient (Wildman–Crippen LogP) is 20.4. The van der Waals surface area contributed by atoms with Crippen LogP contribution in [0.15, 0.2) is 264 Å². The van der Waals surface area contributed by atoms with E-state index in [1.165, 1.54) is 43.8 Å². The van der Waals surface area contributed by atoms with Gasteiger partial charge in [-0.3, -0.25) is 0 Å².